The average molecular weight is 315 g/mol. The van der Waals surface area contributed by atoms with Gasteiger partial charge < -0.3 is 10.6 Å². The van der Waals surface area contributed by atoms with Crippen molar-refractivity contribution in [2.75, 3.05) is 5.32 Å². The van der Waals surface area contributed by atoms with Crippen LogP contribution in [0.1, 0.15) is 24.8 Å². The van der Waals surface area contributed by atoms with Gasteiger partial charge in [-0.05, 0) is 36.2 Å². The van der Waals surface area contributed by atoms with Gasteiger partial charge in [0, 0.05) is 25.6 Å². The largest absolute Gasteiger partial charge is 0.352 e. The smallest absolute Gasteiger partial charge is 0.225 e. The minimum atomic E-state index is -0.306. The molecule has 120 valence electrons. The van der Waals surface area contributed by atoms with Crippen molar-refractivity contribution in [2.24, 2.45) is 0 Å². The molecule has 0 aliphatic rings. The van der Waals surface area contributed by atoms with Gasteiger partial charge in [0.2, 0.25) is 11.8 Å². The number of benzene rings is 1. The van der Waals surface area contributed by atoms with E-state index in [-0.39, 0.29) is 30.5 Å². The summed E-state index contributed by atoms with van der Waals surface area (Å²) in [5, 5.41) is 5.40. The van der Waals surface area contributed by atoms with E-state index in [9.17, 15) is 14.0 Å². The molecule has 1 heterocycles. The quantitative estimate of drug-likeness (QED) is 0.825. The first kappa shape index (κ1) is 16.6. The second-order valence-electron chi connectivity index (χ2n) is 5.02. The number of hydrogen-bond donors (Lipinski definition) is 2. The number of carbonyl (C=O) groups is 2. The number of nitrogens with one attached hydrogen (secondary N) is 2. The van der Waals surface area contributed by atoms with E-state index < -0.39 is 0 Å². The number of nitrogens with zero attached hydrogens (tertiary/aromatic N) is 1. The second kappa shape index (κ2) is 8.63. The van der Waals surface area contributed by atoms with E-state index in [0.29, 0.717) is 18.8 Å². The molecule has 2 N–H and O–H groups in total. The summed E-state index contributed by atoms with van der Waals surface area (Å²) >= 11 is 0. The average Bonchev–Trinajstić information content (AvgIpc) is 2.55. The first-order valence-electron chi connectivity index (χ1n) is 7.35. The van der Waals surface area contributed by atoms with Crippen LogP contribution in [0, 0.1) is 5.82 Å². The number of anilines is 1. The Hall–Kier alpha value is -2.76. The molecule has 1 aromatic heterocycles. The molecule has 0 spiro atoms. The molecule has 0 saturated heterocycles. The molecule has 0 aliphatic heterocycles. The molecule has 5 nitrogen and oxygen atoms in total. The summed E-state index contributed by atoms with van der Waals surface area (Å²) in [6.45, 7) is 0.346. The van der Waals surface area contributed by atoms with Gasteiger partial charge in [-0.25, -0.2) is 9.37 Å². The van der Waals surface area contributed by atoms with E-state index in [1.165, 1.54) is 12.1 Å². The molecule has 0 unspecified atom stereocenters. The van der Waals surface area contributed by atoms with E-state index in [1.54, 1.807) is 36.5 Å². The third kappa shape index (κ3) is 6.25. The number of pyridine rings is 1. The van der Waals surface area contributed by atoms with Gasteiger partial charge in [-0.3, -0.25) is 9.59 Å². The number of hydrogen-bond acceptors (Lipinski definition) is 3. The van der Waals surface area contributed by atoms with Crippen molar-refractivity contribution in [1.29, 1.82) is 0 Å². The van der Waals surface area contributed by atoms with E-state index >= 15 is 0 Å². The third-order valence-corrected chi connectivity index (χ3v) is 3.14. The van der Waals surface area contributed by atoms with E-state index in [4.69, 9.17) is 0 Å². The van der Waals surface area contributed by atoms with Crippen molar-refractivity contribution >= 4 is 17.6 Å². The van der Waals surface area contributed by atoms with Crippen LogP contribution in [0.25, 0.3) is 0 Å². The fraction of sp³-hybridized carbons (Fsp3) is 0.235. The Morgan fingerprint density at radius 3 is 2.43 bits per heavy atom. The van der Waals surface area contributed by atoms with Gasteiger partial charge in [-0.2, -0.15) is 0 Å². The van der Waals surface area contributed by atoms with Crippen molar-refractivity contribution in [1.82, 2.24) is 10.3 Å². The normalized spacial score (nSPS) is 10.1. The zero-order valence-corrected chi connectivity index (χ0v) is 12.6. The maximum absolute atomic E-state index is 12.8. The van der Waals surface area contributed by atoms with Gasteiger partial charge in [0.05, 0.1) is 0 Å². The highest BCUT2D eigenvalue weighted by Gasteiger charge is 2.06. The molecule has 0 radical (unpaired) electrons. The number of amides is 2. The molecule has 2 rings (SSSR count). The fourth-order valence-corrected chi connectivity index (χ4v) is 1.94. The molecule has 0 saturated carbocycles. The van der Waals surface area contributed by atoms with Crippen molar-refractivity contribution < 1.29 is 14.0 Å². The molecule has 23 heavy (non-hydrogen) atoms. The summed E-state index contributed by atoms with van der Waals surface area (Å²) in [6, 6.07) is 11.2. The van der Waals surface area contributed by atoms with Crippen LogP contribution < -0.4 is 10.6 Å². The molecule has 0 atom stereocenters. The van der Waals surface area contributed by atoms with Gasteiger partial charge >= 0.3 is 0 Å². The third-order valence-electron chi connectivity index (χ3n) is 3.14. The molecule has 0 fully saturated rings. The lowest BCUT2D eigenvalue weighted by Gasteiger charge is -2.06. The lowest BCUT2D eigenvalue weighted by Crippen LogP contribution is -2.23. The number of carbonyl (C=O) groups excluding carboxylic acids is 2. The lowest BCUT2D eigenvalue weighted by molar-refractivity contribution is -0.121. The topological polar surface area (TPSA) is 71.1 Å². The summed E-state index contributed by atoms with van der Waals surface area (Å²) < 4.78 is 12.8. The summed E-state index contributed by atoms with van der Waals surface area (Å²) in [5.74, 6) is -0.118. The number of rotatable bonds is 7. The van der Waals surface area contributed by atoms with Gasteiger partial charge in [-0.1, -0.05) is 18.2 Å². The summed E-state index contributed by atoms with van der Waals surface area (Å²) in [5.41, 5.74) is 0.827. The molecule has 0 bridgehead atoms. The lowest BCUT2D eigenvalue weighted by atomic mass is 10.2. The van der Waals surface area contributed by atoms with Crippen molar-refractivity contribution in [3.8, 4) is 0 Å². The predicted octanol–water partition coefficient (Wildman–Crippen LogP) is 2.65. The highest BCUT2D eigenvalue weighted by molar-refractivity contribution is 5.90. The Morgan fingerprint density at radius 2 is 1.74 bits per heavy atom. The summed E-state index contributed by atoms with van der Waals surface area (Å²) in [4.78, 5) is 27.4. The zero-order valence-electron chi connectivity index (χ0n) is 12.6. The minimum Gasteiger partial charge on any atom is -0.352 e. The monoisotopic (exact) mass is 315 g/mol. The Labute approximate surface area is 133 Å². The molecule has 1 aromatic carbocycles. The summed E-state index contributed by atoms with van der Waals surface area (Å²) in [7, 11) is 0. The van der Waals surface area contributed by atoms with Crippen molar-refractivity contribution in [3.63, 3.8) is 0 Å². The molecule has 6 heteroatoms. The van der Waals surface area contributed by atoms with E-state index in [2.05, 4.69) is 15.6 Å². The van der Waals surface area contributed by atoms with Crippen molar-refractivity contribution in [2.45, 2.75) is 25.8 Å². The van der Waals surface area contributed by atoms with Gasteiger partial charge in [0.1, 0.15) is 11.6 Å². The highest BCUT2D eigenvalue weighted by Crippen LogP contribution is 2.04. The maximum Gasteiger partial charge on any atom is 0.225 e. The Kier molecular flexibility index (Phi) is 6.23. The Bertz CT molecular complexity index is 645. The Balaban J connectivity index is 1.62. The number of aromatic nitrogens is 1. The van der Waals surface area contributed by atoms with Crippen LogP contribution in [0.2, 0.25) is 0 Å². The molecule has 2 amide bonds. The van der Waals surface area contributed by atoms with E-state index in [1.807, 2.05) is 0 Å². The maximum atomic E-state index is 12.8. The SMILES string of the molecule is O=C(CCCC(=O)Nc1ccccn1)NCc1ccc(F)cc1. The van der Waals surface area contributed by atoms with Crippen LogP contribution in [0.4, 0.5) is 10.2 Å². The molecular formula is C17H18FN3O2. The van der Waals surface area contributed by atoms with Crippen LogP contribution in [0.15, 0.2) is 48.7 Å². The molecule has 2 aromatic rings. The molecule has 0 aliphatic carbocycles. The summed E-state index contributed by atoms with van der Waals surface area (Å²) in [6.07, 6.45) is 2.56. The number of halogens is 1. The van der Waals surface area contributed by atoms with Crippen LogP contribution in [0.5, 0.6) is 0 Å². The van der Waals surface area contributed by atoms with E-state index in [0.717, 1.165) is 5.56 Å². The van der Waals surface area contributed by atoms with Gasteiger partial charge in [0.25, 0.3) is 0 Å². The zero-order chi connectivity index (χ0) is 16.5. The first-order chi connectivity index (χ1) is 11.1. The standard InChI is InChI=1S/C17H18FN3O2/c18-14-9-7-13(8-10-14)12-20-16(22)5-3-6-17(23)21-15-4-1-2-11-19-15/h1-2,4,7-11H,3,5-6,12H2,(H,20,22)(H,19,21,23). The van der Waals surface area contributed by atoms with Crippen LogP contribution in [-0.2, 0) is 16.1 Å². The van der Waals surface area contributed by atoms with Crippen LogP contribution in [0.3, 0.4) is 0 Å². The first-order valence-corrected chi connectivity index (χ1v) is 7.35. The molecular weight excluding hydrogens is 297 g/mol. The van der Waals surface area contributed by atoms with Gasteiger partial charge in [-0.15, -0.1) is 0 Å². The van der Waals surface area contributed by atoms with Gasteiger partial charge in [0.15, 0.2) is 0 Å². The fourth-order valence-electron chi connectivity index (χ4n) is 1.94. The Morgan fingerprint density at radius 1 is 1.00 bits per heavy atom. The van der Waals surface area contributed by atoms with Crippen LogP contribution in [-0.4, -0.2) is 16.8 Å². The second-order valence-corrected chi connectivity index (χ2v) is 5.02. The predicted molar refractivity (Wildman–Crippen MR) is 85.0 cm³/mol. The minimum absolute atomic E-state index is 0.139. The van der Waals surface area contributed by atoms with Crippen molar-refractivity contribution in [3.05, 3.63) is 60.0 Å². The van der Waals surface area contributed by atoms with Crippen LogP contribution >= 0.6 is 0 Å². The highest BCUT2D eigenvalue weighted by atomic mass is 19.1.